The van der Waals surface area contributed by atoms with E-state index < -0.39 is 25.0 Å². The van der Waals surface area contributed by atoms with Crippen LogP contribution < -0.4 is 24.6 Å². The highest BCUT2D eigenvalue weighted by molar-refractivity contribution is 6.06. The van der Waals surface area contributed by atoms with E-state index in [2.05, 4.69) is 72.6 Å². The van der Waals surface area contributed by atoms with Crippen molar-refractivity contribution in [2.45, 2.75) is 19.5 Å². The van der Waals surface area contributed by atoms with Crippen molar-refractivity contribution in [1.82, 2.24) is 4.90 Å². The zero-order valence-corrected chi connectivity index (χ0v) is 29.9. The molecule has 11 nitrogen and oxygen atoms in total. The molecule has 6 rings (SSSR count). The molecule has 0 atom stereocenters. The first-order valence-electron chi connectivity index (χ1n) is 17.8. The number of ether oxygens (including phenoxy) is 5. The molecular formula is C42H44N2O9-2. The molecule has 1 aliphatic heterocycles. The summed E-state index contributed by atoms with van der Waals surface area (Å²) in [6.45, 7) is 3.90. The molecule has 0 unspecified atom stereocenters. The molecule has 0 fully saturated rings. The minimum Gasteiger partial charge on any atom is -0.548 e. The number of benzene rings is 5. The topological polar surface area (TPSA) is 133 Å². The Morgan fingerprint density at radius 2 is 1.04 bits per heavy atom. The van der Waals surface area contributed by atoms with Gasteiger partial charge in [-0.3, -0.25) is 4.90 Å². The maximum Gasteiger partial charge on any atom is 0.161 e. The number of hydrogen-bond donors (Lipinski definition) is 0. The number of nitrogens with zero attached hydrogens (tertiary/aromatic N) is 2. The van der Waals surface area contributed by atoms with Crippen LogP contribution in [0, 0.1) is 0 Å². The third-order valence-electron chi connectivity index (χ3n) is 9.08. The molecule has 0 saturated carbocycles. The van der Waals surface area contributed by atoms with Crippen molar-refractivity contribution in [2.24, 2.45) is 0 Å². The Kier molecular flexibility index (Phi) is 13.1. The fourth-order valence-electron chi connectivity index (χ4n) is 6.73. The van der Waals surface area contributed by atoms with Gasteiger partial charge in [-0.15, -0.1) is 0 Å². The van der Waals surface area contributed by atoms with E-state index in [0.717, 1.165) is 11.1 Å². The molecule has 1 aliphatic rings. The predicted molar refractivity (Wildman–Crippen MR) is 198 cm³/mol. The summed E-state index contributed by atoms with van der Waals surface area (Å²) in [7, 11) is 2.06. The summed E-state index contributed by atoms with van der Waals surface area (Å²) >= 11 is 0. The van der Waals surface area contributed by atoms with Gasteiger partial charge in [-0.2, -0.15) is 0 Å². The molecule has 53 heavy (non-hydrogen) atoms. The van der Waals surface area contributed by atoms with Crippen LogP contribution in [-0.2, 0) is 43.3 Å². The van der Waals surface area contributed by atoms with E-state index in [1.54, 1.807) is 12.1 Å². The number of carboxylic acid groups (broad SMARTS) is 2. The quantitative estimate of drug-likeness (QED) is 0.186. The number of carboxylic acids is 2. The third kappa shape index (κ3) is 10.2. The molecule has 0 bridgehead atoms. The number of hydrogen-bond acceptors (Lipinski definition) is 11. The highest BCUT2D eigenvalue weighted by Crippen LogP contribution is 2.37. The largest absolute Gasteiger partial charge is 0.548 e. The molecule has 278 valence electrons. The first-order valence-corrected chi connectivity index (χ1v) is 17.8. The summed E-state index contributed by atoms with van der Waals surface area (Å²) in [4.78, 5) is 25.8. The van der Waals surface area contributed by atoms with Gasteiger partial charge >= 0.3 is 0 Å². The molecule has 0 amide bonds. The minimum absolute atomic E-state index is 0.387. The van der Waals surface area contributed by atoms with Gasteiger partial charge in [0.05, 0.1) is 64.7 Å². The maximum absolute atomic E-state index is 11.2. The second-order valence-corrected chi connectivity index (χ2v) is 13.0. The lowest BCUT2D eigenvalue weighted by Crippen LogP contribution is -2.44. The van der Waals surface area contributed by atoms with Crippen molar-refractivity contribution in [1.29, 1.82) is 0 Å². The summed E-state index contributed by atoms with van der Waals surface area (Å²) in [6, 6.07) is 30.4. The Bertz CT molecular complexity index is 1930. The highest BCUT2D eigenvalue weighted by Gasteiger charge is 2.17. The van der Waals surface area contributed by atoms with Gasteiger partial charge in [0, 0.05) is 18.8 Å². The van der Waals surface area contributed by atoms with E-state index in [1.165, 1.54) is 37.6 Å². The van der Waals surface area contributed by atoms with Crippen molar-refractivity contribution in [3.8, 4) is 11.5 Å². The Hall–Kier alpha value is -5.20. The lowest BCUT2D eigenvalue weighted by atomic mass is 9.88. The minimum atomic E-state index is -1.36. The monoisotopic (exact) mass is 720 g/mol. The Morgan fingerprint density at radius 1 is 0.566 bits per heavy atom. The normalized spacial score (nSPS) is 14.5. The van der Waals surface area contributed by atoms with Gasteiger partial charge in [-0.1, -0.05) is 66.7 Å². The van der Waals surface area contributed by atoms with Crippen LogP contribution in [0.4, 0.5) is 5.69 Å². The first kappa shape index (κ1) is 37.6. The summed E-state index contributed by atoms with van der Waals surface area (Å²) in [5, 5.41) is 27.1. The van der Waals surface area contributed by atoms with Crippen LogP contribution >= 0.6 is 0 Å². The highest BCUT2D eigenvalue weighted by atomic mass is 16.6. The van der Waals surface area contributed by atoms with Crippen molar-refractivity contribution >= 4 is 39.2 Å². The van der Waals surface area contributed by atoms with E-state index >= 15 is 0 Å². The van der Waals surface area contributed by atoms with Crippen molar-refractivity contribution in [3.63, 3.8) is 0 Å². The SMILES string of the molecule is CN(Cc1ccc(N(CC(=O)[O-])CC(=O)[O-])cc1)Cc1c2ccccc2c(Cc2ccc3c(c2)OCCOCCOCCOCCO3)c2ccccc12. The van der Waals surface area contributed by atoms with Crippen LogP contribution in [0.5, 0.6) is 11.5 Å². The molecular weight excluding hydrogens is 676 g/mol. The van der Waals surface area contributed by atoms with Gasteiger partial charge in [0.1, 0.15) is 13.2 Å². The summed E-state index contributed by atoms with van der Waals surface area (Å²) in [5.74, 6) is -1.39. The van der Waals surface area contributed by atoms with Gasteiger partial charge in [0.2, 0.25) is 0 Å². The van der Waals surface area contributed by atoms with E-state index in [-0.39, 0.29) is 0 Å². The average Bonchev–Trinajstić information content (AvgIpc) is 3.15. The van der Waals surface area contributed by atoms with Crippen molar-refractivity contribution in [3.05, 3.63) is 113 Å². The van der Waals surface area contributed by atoms with Gasteiger partial charge in [-0.25, -0.2) is 0 Å². The number of anilines is 1. The zero-order chi connectivity index (χ0) is 37.0. The molecule has 5 aromatic carbocycles. The van der Waals surface area contributed by atoms with E-state index in [4.69, 9.17) is 23.7 Å². The van der Waals surface area contributed by atoms with Crippen LogP contribution in [-0.4, -0.2) is 89.8 Å². The average molecular weight is 721 g/mol. The van der Waals surface area contributed by atoms with Gasteiger partial charge in [0.15, 0.2) is 11.5 Å². The van der Waals surface area contributed by atoms with Crippen LogP contribution in [0.1, 0.15) is 22.3 Å². The predicted octanol–water partition coefficient (Wildman–Crippen LogP) is 3.34. The van der Waals surface area contributed by atoms with Crippen molar-refractivity contribution < 1.29 is 43.5 Å². The summed E-state index contributed by atoms with van der Waals surface area (Å²) in [5.41, 5.74) is 5.01. The first-order chi connectivity index (χ1) is 25.9. The van der Waals surface area contributed by atoms with Gasteiger partial charge in [0.25, 0.3) is 0 Å². The third-order valence-corrected chi connectivity index (χ3v) is 9.08. The molecule has 0 N–H and O–H groups in total. The second kappa shape index (κ2) is 18.5. The fourth-order valence-corrected chi connectivity index (χ4v) is 6.73. The van der Waals surface area contributed by atoms with Crippen LogP contribution in [0.2, 0.25) is 0 Å². The number of fused-ring (bicyclic) bond motifs is 3. The van der Waals surface area contributed by atoms with Gasteiger partial charge in [-0.05, 0) is 81.5 Å². The van der Waals surface area contributed by atoms with Gasteiger partial charge < -0.3 is 48.4 Å². The van der Waals surface area contributed by atoms with E-state index in [1.807, 2.05) is 18.2 Å². The standard InChI is InChI=1S/C42H46N2O9/c1-43(26-30-10-13-32(14-11-30)44(28-41(45)46)29-42(47)48)27-38-35-8-4-2-6-33(35)37(34-7-3-5-9-36(34)38)24-31-12-15-39-40(25-31)53-23-21-51-19-17-49-16-18-50-20-22-52-39/h2-15,25H,16-24,26-29H2,1H3,(H,45,46)(H,47,48)/p-2. The number of rotatable bonds is 11. The van der Waals surface area contributed by atoms with Crippen LogP contribution in [0.25, 0.3) is 21.5 Å². The van der Waals surface area contributed by atoms with Crippen LogP contribution in [0.15, 0.2) is 91.0 Å². The second-order valence-electron chi connectivity index (χ2n) is 13.0. The van der Waals surface area contributed by atoms with Crippen molar-refractivity contribution in [2.75, 3.05) is 77.9 Å². The molecule has 0 saturated heterocycles. The summed E-state index contributed by atoms with van der Waals surface area (Å²) < 4.78 is 29.1. The van der Waals surface area contributed by atoms with E-state index in [0.29, 0.717) is 89.6 Å². The number of carbonyl (C=O) groups is 2. The lowest BCUT2D eigenvalue weighted by molar-refractivity contribution is -0.304. The number of aliphatic carboxylic acids is 2. The summed E-state index contributed by atoms with van der Waals surface area (Å²) in [6.07, 6.45) is 0.685. The van der Waals surface area contributed by atoms with Crippen LogP contribution in [0.3, 0.4) is 0 Å². The molecule has 1 heterocycles. The maximum atomic E-state index is 11.2. The molecule has 0 spiro atoms. The molecule has 5 aromatic rings. The molecule has 0 aliphatic carbocycles. The molecule has 11 heteroatoms. The Balaban J connectivity index is 1.25. The molecule has 0 radical (unpaired) electrons. The fraction of sp³-hybridized carbons (Fsp3) is 0.333. The smallest absolute Gasteiger partial charge is 0.161 e. The Labute approximate surface area is 309 Å². The zero-order valence-electron chi connectivity index (χ0n) is 29.9. The lowest BCUT2D eigenvalue weighted by Gasteiger charge is -2.26. The van der Waals surface area contributed by atoms with E-state index in [9.17, 15) is 19.8 Å². The molecule has 0 aromatic heterocycles. The number of carbonyl (C=O) groups excluding carboxylic acids is 2. The Morgan fingerprint density at radius 3 is 1.57 bits per heavy atom.